The summed E-state index contributed by atoms with van der Waals surface area (Å²) in [4.78, 5) is 4.80. The van der Waals surface area contributed by atoms with Crippen LogP contribution in [0.15, 0.2) is 5.38 Å². The zero-order valence-electron chi connectivity index (χ0n) is 12.4. The first-order valence-electron chi connectivity index (χ1n) is 6.61. The molecule has 0 bridgehead atoms. The SMILES string of the molecule is COCCNC(C)(c1nc(C(C)C)cs1)C(C)C. The summed E-state index contributed by atoms with van der Waals surface area (Å²) in [5.41, 5.74) is 1.12. The number of thiazole rings is 1. The molecule has 104 valence electrons. The third kappa shape index (κ3) is 3.53. The Hall–Kier alpha value is -0.450. The van der Waals surface area contributed by atoms with Crippen LogP contribution in [0, 0.1) is 5.92 Å². The van der Waals surface area contributed by atoms with Crippen LogP contribution in [0.5, 0.6) is 0 Å². The Morgan fingerprint density at radius 1 is 1.39 bits per heavy atom. The van der Waals surface area contributed by atoms with E-state index < -0.39 is 0 Å². The second-order valence-corrected chi connectivity index (χ2v) is 6.37. The standard InChI is InChI=1S/C14H26N2OS/c1-10(2)12-9-18-13(16-12)14(5,11(3)4)15-7-8-17-6/h9-11,15H,7-8H2,1-6H3. The molecule has 1 N–H and O–H groups in total. The molecule has 0 aromatic carbocycles. The van der Waals surface area contributed by atoms with Gasteiger partial charge in [0, 0.05) is 19.0 Å². The van der Waals surface area contributed by atoms with Gasteiger partial charge in [-0.15, -0.1) is 11.3 Å². The smallest absolute Gasteiger partial charge is 0.113 e. The monoisotopic (exact) mass is 270 g/mol. The Morgan fingerprint density at radius 2 is 2.06 bits per heavy atom. The molecule has 1 atom stereocenters. The van der Waals surface area contributed by atoms with Crippen LogP contribution in [0.3, 0.4) is 0 Å². The molecule has 1 aromatic rings. The fraction of sp³-hybridized carbons (Fsp3) is 0.786. The molecule has 0 aliphatic carbocycles. The van der Waals surface area contributed by atoms with Crippen molar-refractivity contribution in [1.82, 2.24) is 10.3 Å². The summed E-state index contributed by atoms with van der Waals surface area (Å²) in [7, 11) is 1.73. The van der Waals surface area contributed by atoms with Crippen LogP contribution >= 0.6 is 11.3 Å². The minimum Gasteiger partial charge on any atom is -0.383 e. The molecule has 0 fully saturated rings. The van der Waals surface area contributed by atoms with Crippen molar-refractivity contribution in [2.45, 2.75) is 46.1 Å². The van der Waals surface area contributed by atoms with Crippen molar-refractivity contribution in [2.75, 3.05) is 20.3 Å². The highest BCUT2D eigenvalue weighted by Crippen LogP contribution is 2.32. The Balaban J connectivity index is 2.88. The lowest BCUT2D eigenvalue weighted by Gasteiger charge is -2.33. The number of nitrogens with zero attached hydrogens (tertiary/aromatic N) is 1. The van der Waals surface area contributed by atoms with Crippen molar-refractivity contribution < 1.29 is 4.74 Å². The van der Waals surface area contributed by atoms with Crippen LogP contribution < -0.4 is 5.32 Å². The summed E-state index contributed by atoms with van der Waals surface area (Å²) < 4.78 is 5.12. The third-order valence-electron chi connectivity index (χ3n) is 3.51. The molecule has 1 unspecified atom stereocenters. The predicted octanol–water partition coefficient (Wildman–Crippen LogP) is 3.37. The molecule has 0 saturated heterocycles. The number of nitrogens with one attached hydrogen (secondary N) is 1. The number of hydrogen-bond acceptors (Lipinski definition) is 4. The maximum absolute atomic E-state index is 5.12. The quantitative estimate of drug-likeness (QED) is 0.771. The van der Waals surface area contributed by atoms with Crippen molar-refractivity contribution in [3.05, 3.63) is 16.1 Å². The molecular weight excluding hydrogens is 244 g/mol. The lowest BCUT2D eigenvalue weighted by atomic mass is 9.89. The number of methoxy groups -OCH3 is 1. The molecular formula is C14H26N2OS. The van der Waals surface area contributed by atoms with Gasteiger partial charge in [0.15, 0.2) is 0 Å². The Bertz CT molecular complexity index is 362. The summed E-state index contributed by atoms with van der Waals surface area (Å²) in [6.45, 7) is 12.6. The molecule has 1 heterocycles. The van der Waals surface area contributed by atoms with Crippen LogP contribution in [-0.4, -0.2) is 25.2 Å². The third-order valence-corrected chi connectivity index (χ3v) is 4.61. The highest BCUT2D eigenvalue weighted by atomic mass is 32.1. The van der Waals surface area contributed by atoms with E-state index in [4.69, 9.17) is 9.72 Å². The van der Waals surface area contributed by atoms with E-state index in [1.54, 1.807) is 18.4 Å². The van der Waals surface area contributed by atoms with E-state index in [0.717, 1.165) is 13.2 Å². The zero-order valence-corrected chi connectivity index (χ0v) is 13.2. The van der Waals surface area contributed by atoms with E-state index in [9.17, 15) is 0 Å². The van der Waals surface area contributed by atoms with Crippen molar-refractivity contribution >= 4 is 11.3 Å². The van der Waals surface area contributed by atoms with Crippen LogP contribution in [0.4, 0.5) is 0 Å². The molecule has 0 saturated carbocycles. The lowest BCUT2D eigenvalue weighted by molar-refractivity contribution is 0.173. The number of hydrogen-bond donors (Lipinski definition) is 1. The molecule has 18 heavy (non-hydrogen) atoms. The van der Waals surface area contributed by atoms with Gasteiger partial charge in [-0.2, -0.15) is 0 Å². The van der Waals surface area contributed by atoms with E-state index >= 15 is 0 Å². The summed E-state index contributed by atoms with van der Waals surface area (Å²) in [5.74, 6) is 0.978. The maximum atomic E-state index is 5.12. The second-order valence-electron chi connectivity index (χ2n) is 5.51. The highest BCUT2D eigenvalue weighted by Gasteiger charge is 2.33. The number of aromatic nitrogens is 1. The van der Waals surface area contributed by atoms with Gasteiger partial charge in [0.05, 0.1) is 17.8 Å². The van der Waals surface area contributed by atoms with E-state index in [-0.39, 0.29) is 5.54 Å². The van der Waals surface area contributed by atoms with Crippen molar-refractivity contribution in [3.8, 4) is 0 Å². The minimum absolute atomic E-state index is 0.0731. The second kappa shape index (κ2) is 6.64. The van der Waals surface area contributed by atoms with Gasteiger partial charge in [0.1, 0.15) is 5.01 Å². The molecule has 0 radical (unpaired) electrons. The zero-order chi connectivity index (χ0) is 13.8. The molecule has 0 spiro atoms. The van der Waals surface area contributed by atoms with E-state index in [2.05, 4.69) is 45.3 Å². The molecule has 0 amide bonds. The largest absolute Gasteiger partial charge is 0.383 e. The van der Waals surface area contributed by atoms with Crippen LogP contribution in [0.25, 0.3) is 0 Å². The molecule has 3 nitrogen and oxygen atoms in total. The number of rotatable bonds is 7. The Labute approximate surface area is 115 Å². The van der Waals surface area contributed by atoms with Gasteiger partial charge in [-0.1, -0.05) is 27.7 Å². The number of ether oxygens (including phenoxy) is 1. The maximum Gasteiger partial charge on any atom is 0.113 e. The van der Waals surface area contributed by atoms with Crippen LogP contribution in [0.1, 0.15) is 51.2 Å². The van der Waals surface area contributed by atoms with Crippen molar-refractivity contribution in [1.29, 1.82) is 0 Å². The summed E-state index contributed by atoms with van der Waals surface area (Å²) in [5, 5.41) is 6.95. The normalized spacial score (nSPS) is 15.3. The molecule has 0 aliphatic rings. The van der Waals surface area contributed by atoms with Crippen LogP contribution in [-0.2, 0) is 10.3 Å². The fourth-order valence-corrected chi connectivity index (χ4v) is 3.00. The van der Waals surface area contributed by atoms with Crippen LogP contribution in [0.2, 0.25) is 0 Å². The van der Waals surface area contributed by atoms with Gasteiger partial charge in [0.2, 0.25) is 0 Å². The average Bonchev–Trinajstić information content (AvgIpc) is 2.78. The highest BCUT2D eigenvalue weighted by molar-refractivity contribution is 7.09. The van der Waals surface area contributed by atoms with Crippen molar-refractivity contribution in [3.63, 3.8) is 0 Å². The molecule has 4 heteroatoms. The first-order chi connectivity index (χ1) is 8.41. The first kappa shape index (κ1) is 15.6. The van der Waals surface area contributed by atoms with Gasteiger partial charge in [-0.25, -0.2) is 4.98 Å². The predicted molar refractivity (Wildman–Crippen MR) is 78.3 cm³/mol. The van der Waals surface area contributed by atoms with Gasteiger partial charge in [-0.3, -0.25) is 0 Å². The molecule has 1 rings (SSSR count). The van der Waals surface area contributed by atoms with E-state index in [0.29, 0.717) is 11.8 Å². The first-order valence-corrected chi connectivity index (χ1v) is 7.49. The average molecular weight is 270 g/mol. The van der Waals surface area contributed by atoms with Gasteiger partial charge in [-0.05, 0) is 18.8 Å². The van der Waals surface area contributed by atoms with Gasteiger partial charge in [0.25, 0.3) is 0 Å². The molecule has 0 aliphatic heterocycles. The Morgan fingerprint density at radius 3 is 2.50 bits per heavy atom. The minimum atomic E-state index is -0.0731. The topological polar surface area (TPSA) is 34.1 Å². The lowest BCUT2D eigenvalue weighted by Crippen LogP contribution is -2.45. The summed E-state index contributed by atoms with van der Waals surface area (Å²) in [6, 6.07) is 0. The Kier molecular flexibility index (Phi) is 5.76. The van der Waals surface area contributed by atoms with E-state index in [1.807, 2.05) is 0 Å². The fourth-order valence-electron chi connectivity index (χ4n) is 1.73. The molecule has 1 aromatic heterocycles. The summed E-state index contributed by atoms with van der Waals surface area (Å²) in [6.07, 6.45) is 0. The van der Waals surface area contributed by atoms with Gasteiger partial charge >= 0.3 is 0 Å². The van der Waals surface area contributed by atoms with Gasteiger partial charge < -0.3 is 10.1 Å². The van der Waals surface area contributed by atoms with E-state index in [1.165, 1.54) is 10.7 Å². The van der Waals surface area contributed by atoms with Crippen molar-refractivity contribution in [2.24, 2.45) is 5.92 Å². The summed E-state index contributed by atoms with van der Waals surface area (Å²) >= 11 is 1.76.